The van der Waals surface area contributed by atoms with E-state index in [0.717, 1.165) is 22.5 Å². The number of hydrogen-bond acceptors (Lipinski definition) is 2. The molecule has 1 aromatic heterocycles. The molecule has 3 heteroatoms. The molecule has 0 spiro atoms. The molecule has 0 aliphatic heterocycles. The zero-order valence-corrected chi connectivity index (χ0v) is 11.7. The first-order chi connectivity index (χ1) is 8.24. The molecular formula is C14H20BrNO. The molecule has 0 radical (unpaired) electrons. The molecule has 1 heterocycles. The third-order valence-electron chi connectivity index (χ3n) is 3.62. The number of aromatic nitrogens is 1. The van der Waals surface area contributed by atoms with Crippen molar-refractivity contribution in [2.75, 3.05) is 0 Å². The van der Waals surface area contributed by atoms with Crippen LogP contribution in [-0.4, -0.2) is 16.2 Å². The van der Waals surface area contributed by atoms with E-state index in [1.807, 2.05) is 12.1 Å². The van der Waals surface area contributed by atoms with Crippen LogP contribution < -0.4 is 0 Å². The molecule has 0 saturated heterocycles. The largest absolute Gasteiger partial charge is 0.393 e. The van der Waals surface area contributed by atoms with Crippen LogP contribution >= 0.6 is 15.9 Å². The van der Waals surface area contributed by atoms with Crippen molar-refractivity contribution in [1.29, 1.82) is 0 Å². The summed E-state index contributed by atoms with van der Waals surface area (Å²) >= 11 is 3.36. The number of aliphatic hydroxyl groups excluding tert-OH is 1. The average molecular weight is 298 g/mol. The van der Waals surface area contributed by atoms with Gasteiger partial charge in [0.1, 0.15) is 0 Å². The highest BCUT2D eigenvalue weighted by Gasteiger charge is 2.16. The van der Waals surface area contributed by atoms with Gasteiger partial charge in [0.25, 0.3) is 0 Å². The SMILES string of the molecule is OC(CCC1CCCC1)Cc1ccc(Br)cn1. The van der Waals surface area contributed by atoms with Crippen molar-refractivity contribution in [1.82, 2.24) is 4.98 Å². The van der Waals surface area contributed by atoms with Crippen molar-refractivity contribution in [2.24, 2.45) is 5.92 Å². The van der Waals surface area contributed by atoms with Gasteiger partial charge in [-0.05, 0) is 46.8 Å². The average Bonchev–Trinajstić information content (AvgIpc) is 2.83. The molecule has 1 saturated carbocycles. The third kappa shape index (κ3) is 4.40. The van der Waals surface area contributed by atoms with E-state index < -0.39 is 0 Å². The van der Waals surface area contributed by atoms with Crippen LogP contribution in [0.4, 0.5) is 0 Å². The van der Waals surface area contributed by atoms with Crippen molar-refractivity contribution in [3.63, 3.8) is 0 Å². The maximum absolute atomic E-state index is 9.98. The standard InChI is InChI=1S/C14H20BrNO/c15-12-6-7-13(16-10-12)9-14(17)8-5-11-3-1-2-4-11/h6-7,10-11,14,17H,1-5,8-9H2. The molecule has 2 nitrogen and oxygen atoms in total. The van der Waals surface area contributed by atoms with Gasteiger partial charge in [-0.1, -0.05) is 25.7 Å². The van der Waals surface area contributed by atoms with Crippen LogP contribution in [0.5, 0.6) is 0 Å². The highest BCUT2D eigenvalue weighted by molar-refractivity contribution is 9.10. The lowest BCUT2D eigenvalue weighted by Gasteiger charge is -2.13. The molecule has 0 bridgehead atoms. The van der Waals surface area contributed by atoms with Crippen molar-refractivity contribution >= 4 is 15.9 Å². The number of rotatable bonds is 5. The molecule has 1 aromatic rings. The Labute approximate surface area is 112 Å². The number of aliphatic hydroxyl groups is 1. The molecule has 1 aliphatic rings. The van der Waals surface area contributed by atoms with Crippen molar-refractivity contribution in [3.05, 3.63) is 28.5 Å². The molecule has 1 fully saturated rings. The molecule has 0 amide bonds. The van der Waals surface area contributed by atoms with Crippen LogP contribution in [-0.2, 0) is 6.42 Å². The predicted molar refractivity (Wildman–Crippen MR) is 72.8 cm³/mol. The van der Waals surface area contributed by atoms with Crippen LogP contribution in [0.25, 0.3) is 0 Å². The fourth-order valence-corrected chi connectivity index (χ4v) is 2.83. The fraction of sp³-hybridized carbons (Fsp3) is 0.643. The zero-order chi connectivity index (χ0) is 12.1. The zero-order valence-electron chi connectivity index (χ0n) is 10.1. The van der Waals surface area contributed by atoms with Gasteiger partial charge in [-0.15, -0.1) is 0 Å². The van der Waals surface area contributed by atoms with Crippen LogP contribution in [0.15, 0.2) is 22.8 Å². The quantitative estimate of drug-likeness (QED) is 0.898. The molecule has 2 rings (SSSR count). The number of nitrogens with zero attached hydrogens (tertiary/aromatic N) is 1. The van der Waals surface area contributed by atoms with E-state index in [1.165, 1.54) is 32.1 Å². The Morgan fingerprint density at radius 1 is 1.35 bits per heavy atom. The van der Waals surface area contributed by atoms with E-state index >= 15 is 0 Å². The van der Waals surface area contributed by atoms with Crippen LogP contribution in [0.3, 0.4) is 0 Å². The molecule has 0 aromatic carbocycles. The fourth-order valence-electron chi connectivity index (χ4n) is 2.60. The lowest BCUT2D eigenvalue weighted by Crippen LogP contribution is -2.13. The summed E-state index contributed by atoms with van der Waals surface area (Å²) in [5, 5.41) is 9.98. The molecule has 17 heavy (non-hydrogen) atoms. The van der Waals surface area contributed by atoms with Gasteiger partial charge >= 0.3 is 0 Å². The Bertz CT molecular complexity index is 333. The van der Waals surface area contributed by atoms with Gasteiger partial charge in [-0.2, -0.15) is 0 Å². The molecule has 94 valence electrons. The van der Waals surface area contributed by atoms with Gasteiger partial charge in [0.15, 0.2) is 0 Å². The maximum Gasteiger partial charge on any atom is 0.0595 e. The number of halogens is 1. The molecular weight excluding hydrogens is 278 g/mol. The minimum Gasteiger partial charge on any atom is -0.393 e. The van der Waals surface area contributed by atoms with Crippen molar-refractivity contribution in [3.8, 4) is 0 Å². The normalized spacial score (nSPS) is 18.5. The van der Waals surface area contributed by atoms with E-state index in [2.05, 4.69) is 20.9 Å². The number of pyridine rings is 1. The molecule has 1 N–H and O–H groups in total. The summed E-state index contributed by atoms with van der Waals surface area (Å²) in [5.74, 6) is 0.863. The minimum absolute atomic E-state index is 0.232. The van der Waals surface area contributed by atoms with E-state index in [0.29, 0.717) is 6.42 Å². The third-order valence-corrected chi connectivity index (χ3v) is 4.09. The molecule has 1 atom stereocenters. The summed E-state index contributed by atoms with van der Waals surface area (Å²) in [6, 6.07) is 3.95. The summed E-state index contributed by atoms with van der Waals surface area (Å²) in [5.41, 5.74) is 0.979. The minimum atomic E-state index is -0.232. The predicted octanol–water partition coefficient (Wildman–Crippen LogP) is 3.72. The maximum atomic E-state index is 9.98. The smallest absolute Gasteiger partial charge is 0.0595 e. The van der Waals surface area contributed by atoms with E-state index in [4.69, 9.17) is 0 Å². The lowest BCUT2D eigenvalue weighted by atomic mass is 9.98. The van der Waals surface area contributed by atoms with Crippen LogP contribution in [0, 0.1) is 5.92 Å². The highest BCUT2D eigenvalue weighted by Crippen LogP contribution is 2.29. The van der Waals surface area contributed by atoms with Gasteiger partial charge < -0.3 is 5.11 Å². The number of hydrogen-bond donors (Lipinski definition) is 1. The summed E-state index contributed by atoms with van der Waals surface area (Å²) < 4.78 is 0.988. The van der Waals surface area contributed by atoms with Gasteiger partial charge in [-0.25, -0.2) is 0 Å². The van der Waals surface area contributed by atoms with Gasteiger partial charge in [0.2, 0.25) is 0 Å². The second-order valence-electron chi connectivity index (χ2n) is 5.05. The Kier molecular flexibility index (Phi) is 4.99. The van der Waals surface area contributed by atoms with Crippen molar-refractivity contribution < 1.29 is 5.11 Å². The van der Waals surface area contributed by atoms with E-state index in [9.17, 15) is 5.11 Å². The second kappa shape index (κ2) is 6.50. The summed E-state index contributed by atoms with van der Waals surface area (Å²) in [6.07, 6.45) is 9.83. The molecule has 1 unspecified atom stereocenters. The Balaban J connectivity index is 1.72. The van der Waals surface area contributed by atoms with Crippen molar-refractivity contribution in [2.45, 2.75) is 51.0 Å². The van der Waals surface area contributed by atoms with Gasteiger partial charge in [-0.3, -0.25) is 4.98 Å². The first kappa shape index (κ1) is 13.0. The van der Waals surface area contributed by atoms with Gasteiger partial charge in [0.05, 0.1) is 6.10 Å². The summed E-state index contributed by atoms with van der Waals surface area (Å²) in [4.78, 5) is 4.29. The first-order valence-corrected chi connectivity index (χ1v) is 7.32. The molecule has 1 aliphatic carbocycles. The highest BCUT2D eigenvalue weighted by atomic mass is 79.9. The van der Waals surface area contributed by atoms with Crippen LogP contribution in [0.1, 0.15) is 44.2 Å². The Morgan fingerprint density at radius 3 is 2.76 bits per heavy atom. The Morgan fingerprint density at radius 2 is 2.12 bits per heavy atom. The van der Waals surface area contributed by atoms with Gasteiger partial charge in [0, 0.05) is 22.8 Å². The lowest BCUT2D eigenvalue weighted by molar-refractivity contribution is 0.154. The summed E-state index contributed by atoms with van der Waals surface area (Å²) in [7, 11) is 0. The second-order valence-corrected chi connectivity index (χ2v) is 5.97. The van der Waals surface area contributed by atoms with E-state index in [-0.39, 0.29) is 6.10 Å². The first-order valence-electron chi connectivity index (χ1n) is 6.52. The monoisotopic (exact) mass is 297 g/mol. The topological polar surface area (TPSA) is 33.1 Å². The van der Waals surface area contributed by atoms with E-state index in [1.54, 1.807) is 6.20 Å². The Hall–Kier alpha value is -0.410. The summed E-state index contributed by atoms with van der Waals surface area (Å²) in [6.45, 7) is 0. The van der Waals surface area contributed by atoms with Crippen LogP contribution in [0.2, 0.25) is 0 Å².